The number of anilines is 2. The van der Waals surface area contributed by atoms with E-state index in [1.807, 2.05) is 31.2 Å². The number of nitrogen functional groups attached to an aromatic ring is 1. The molecule has 0 aliphatic carbocycles. The van der Waals surface area contributed by atoms with Gasteiger partial charge in [0.1, 0.15) is 16.8 Å². The van der Waals surface area contributed by atoms with Gasteiger partial charge in [0, 0.05) is 24.2 Å². The van der Waals surface area contributed by atoms with Crippen LogP contribution < -0.4 is 11.1 Å². The fraction of sp³-hybridized carbons (Fsp3) is 0.312. The number of ether oxygens (including phenoxy) is 1. The van der Waals surface area contributed by atoms with Crippen molar-refractivity contribution in [3.05, 3.63) is 46.4 Å². The summed E-state index contributed by atoms with van der Waals surface area (Å²) in [5, 5.41) is 3.37. The van der Waals surface area contributed by atoms with Crippen LogP contribution in [0.2, 0.25) is 5.15 Å². The lowest BCUT2D eigenvalue weighted by Crippen LogP contribution is -2.13. The number of hydrogen-bond donors (Lipinski definition) is 2. The second-order valence-electron chi connectivity index (χ2n) is 4.96. The molecule has 122 valence electrons. The topological polar surface area (TPSA) is 90.1 Å². The van der Waals surface area contributed by atoms with Crippen molar-refractivity contribution in [1.29, 1.82) is 0 Å². The van der Waals surface area contributed by atoms with Crippen LogP contribution in [0, 0.1) is 0 Å². The zero-order valence-corrected chi connectivity index (χ0v) is 13.9. The summed E-state index contributed by atoms with van der Waals surface area (Å²) >= 11 is 6.24. The van der Waals surface area contributed by atoms with E-state index in [4.69, 9.17) is 17.3 Å². The lowest BCUT2D eigenvalue weighted by Gasteiger charge is -2.12. The Bertz CT molecular complexity index is 689. The molecule has 0 atom stereocenters. The highest BCUT2D eigenvalue weighted by atomic mass is 35.5. The predicted octanol–water partition coefficient (Wildman–Crippen LogP) is 2.45. The molecule has 0 spiro atoms. The molecule has 0 saturated heterocycles. The maximum Gasteiger partial charge on any atom is 0.310 e. The molecule has 23 heavy (non-hydrogen) atoms. The molecule has 0 radical (unpaired) electrons. The summed E-state index contributed by atoms with van der Waals surface area (Å²) in [6, 6.07) is 7.49. The highest BCUT2D eigenvalue weighted by Gasteiger charge is 2.16. The Morgan fingerprint density at radius 2 is 2.00 bits per heavy atom. The second kappa shape index (κ2) is 7.78. The maximum absolute atomic E-state index is 11.5. The van der Waals surface area contributed by atoms with Gasteiger partial charge in [0.25, 0.3) is 0 Å². The smallest absolute Gasteiger partial charge is 0.310 e. The van der Waals surface area contributed by atoms with Gasteiger partial charge in [-0.1, -0.05) is 23.7 Å². The molecular weight excluding hydrogens is 316 g/mol. The number of methoxy groups -OCH3 is 1. The molecule has 1 aromatic carbocycles. The summed E-state index contributed by atoms with van der Waals surface area (Å²) in [4.78, 5) is 20.3. The summed E-state index contributed by atoms with van der Waals surface area (Å²) in [5.74, 6) is 0.744. The number of carbonyl (C=O) groups excluding carboxylic acids is 1. The first-order valence-electron chi connectivity index (χ1n) is 7.23. The van der Waals surface area contributed by atoms with Gasteiger partial charge < -0.3 is 15.8 Å². The second-order valence-corrected chi connectivity index (χ2v) is 5.32. The average Bonchev–Trinajstić information content (AvgIpc) is 2.53. The zero-order chi connectivity index (χ0) is 16.8. The first kappa shape index (κ1) is 17.0. The van der Waals surface area contributed by atoms with Crippen LogP contribution in [0.3, 0.4) is 0 Å². The van der Waals surface area contributed by atoms with E-state index in [9.17, 15) is 4.79 Å². The molecule has 0 saturated carbocycles. The Morgan fingerprint density at radius 1 is 1.30 bits per heavy atom. The lowest BCUT2D eigenvalue weighted by atomic mass is 10.1. The first-order chi connectivity index (χ1) is 11.0. The van der Waals surface area contributed by atoms with Gasteiger partial charge in [0.2, 0.25) is 0 Å². The van der Waals surface area contributed by atoms with Crippen LogP contribution in [0.5, 0.6) is 0 Å². The van der Waals surface area contributed by atoms with Crippen molar-refractivity contribution in [1.82, 2.24) is 9.97 Å². The fourth-order valence-electron chi connectivity index (χ4n) is 2.08. The van der Waals surface area contributed by atoms with Gasteiger partial charge in [-0.25, -0.2) is 9.97 Å². The van der Waals surface area contributed by atoms with Crippen LogP contribution in [-0.2, 0) is 22.4 Å². The summed E-state index contributed by atoms with van der Waals surface area (Å²) in [7, 11) is 1.33. The van der Waals surface area contributed by atoms with E-state index in [1.165, 1.54) is 7.11 Å². The van der Waals surface area contributed by atoms with Crippen molar-refractivity contribution in [3.8, 4) is 0 Å². The number of aromatic nitrogens is 2. The third kappa shape index (κ3) is 4.56. The largest absolute Gasteiger partial charge is 0.469 e. The minimum Gasteiger partial charge on any atom is -0.469 e. The average molecular weight is 335 g/mol. The van der Waals surface area contributed by atoms with E-state index in [0.717, 1.165) is 5.56 Å². The van der Waals surface area contributed by atoms with Gasteiger partial charge in [-0.15, -0.1) is 0 Å². The lowest BCUT2D eigenvalue weighted by molar-refractivity contribution is -0.139. The number of nitrogens with one attached hydrogen (secondary N) is 1. The van der Waals surface area contributed by atoms with Crippen molar-refractivity contribution < 1.29 is 9.53 Å². The molecule has 0 aliphatic heterocycles. The highest BCUT2D eigenvalue weighted by Crippen LogP contribution is 2.23. The summed E-state index contributed by atoms with van der Waals surface area (Å²) < 4.78 is 4.69. The molecular formula is C16H19ClN4O2. The number of esters is 1. The third-order valence-corrected chi connectivity index (χ3v) is 3.55. The fourth-order valence-corrected chi connectivity index (χ4v) is 2.34. The molecule has 7 heteroatoms. The molecule has 0 fully saturated rings. The molecule has 1 aromatic heterocycles. The molecule has 0 aliphatic rings. The Kier molecular flexibility index (Phi) is 5.76. The van der Waals surface area contributed by atoms with Gasteiger partial charge in [0.05, 0.1) is 13.5 Å². The summed E-state index contributed by atoms with van der Waals surface area (Å²) in [6.45, 7) is 2.60. The number of carbonyl (C=O) groups is 1. The number of halogens is 1. The van der Waals surface area contributed by atoms with Gasteiger partial charge in [0.15, 0.2) is 0 Å². The quantitative estimate of drug-likeness (QED) is 0.479. The van der Waals surface area contributed by atoms with Crippen molar-refractivity contribution in [2.24, 2.45) is 0 Å². The van der Waals surface area contributed by atoms with E-state index in [-0.39, 0.29) is 17.5 Å². The van der Waals surface area contributed by atoms with Crippen molar-refractivity contribution >= 4 is 29.1 Å². The number of nitrogens with zero attached hydrogens (tertiary/aromatic N) is 2. The molecule has 6 nitrogen and oxygen atoms in total. The van der Waals surface area contributed by atoms with Gasteiger partial charge in [-0.3, -0.25) is 4.79 Å². The molecule has 0 bridgehead atoms. The van der Waals surface area contributed by atoms with Crippen LogP contribution in [0.25, 0.3) is 0 Å². The molecule has 3 N–H and O–H groups in total. The summed E-state index contributed by atoms with van der Waals surface area (Å²) in [5.41, 5.74) is 7.95. The maximum atomic E-state index is 11.5. The van der Waals surface area contributed by atoms with E-state index < -0.39 is 0 Å². The Hall–Kier alpha value is -2.34. The standard InChI is InChI=1S/C16H19ClN4O2/c1-3-19-16-12(9-14(22)23-2)15(17)20-13(21-16)8-10-4-6-11(18)7-5-10/h4-7H,3,8-9,18H2,1-2H3,(H,19,20,21). The van der Waals surface area contributed by atoms with Crippen LogP contribution in [0.15, 0.2) is 24.3 Å². The SMILES string of the molecule is CCNc1nc(Cc2ccc(N)cc2)nc(Cl)c1CC(=O)OC. The third-order valence-electron chi connectivity index (χ3n) is 3.24. The summed E-state index contributed by atoms with van der Waals surface area (Å²) in [6.07, 6.45) is 0.552. The van der Waals surface area contributed by atoms with Gasteiger partial charge in [-0.2, -0.15) is 0 Å². The van der Waals surface area contributed by atoms with E-state index in [2.05, 4.69) is 20.0 Å². The monoisotopic (exact) mass is 334 g/mol. The molecule has 1 heterocycles. The molecule has 0 unspecified atom stereocenters. The minimum atomic E-state index is -0.388. The number of nitrogens with two attached hydrogens (primary N) is 1. The number of benzene rings is 1. The Labute approximate surface area is 140 Å². The van der Waals surface area contributed by atoms with Gasteiger partial charge in [-0.05, 0) is 24.6 Å². The number of hydrogen-bond acceptors (Lipinski definition) is 6. The van der Waals surface area contributed by atoms with E-state index in [0.29, 0.717) is 35.9 Å². The predicted molar refractivity (Wildman–Crippen MR) is 90.6 cm³/mol. The molecule has 0 amide bonds. The highest BCUT2D eigenvalue weighted by molar-refractivity contribution is 6.30. The van der Waals surface area contributed by atoms with Crippen LogP contribution >= 0.6 is 11.6 Å². The van der Waals surface area contributed by atoms with Crippen molar-refractivity contribution in [3.63, 3.8) is 0 Å². The Balaban J connectivity index is 2.31. The van der Waals surface area contributed by atoms with Gasteiger partial charge >= 0.3 is 5.97 Å². The zero-order valence-electron chi connectivity index (χ0n) is 13.1. The molecule has 2 aromatic rings. The molecule has 2 rings (SSSR count). The Morgan fingerprint density at radius 3 is 2.61 bits per heavy atom. The first-order valence-corrected chi connectivity index (χ1v) is 7.61. The van der Waals surface area contributed by atoms with Crippen LogP contribution in [0.4, 0.5) is 11.5 Å². The van der Waals surface area contributed by atoms with Crippen LogP contribution in [0.1, 0.15) is 23.9 Å². The number of rotatable bonds is 6. The van der Waals surface area contributed by atoms with E-state index in [1.54, 1.807) is 0 Å². The van der Waals surface area contributed by atoms with Crippen molar-refractivity contribution in [2.45, 2.75) is 19.8 Å². The minimum absolute atomic E-state index is 0.0276. The van der Waals surface area contributed by atoms with Crippen molar-refractivity contribution in [2.75, 3.05) is 24.7 Å². The van der Waals surface area contributed by atoms with E-state index >= 15 is 0 Å². The van der Waals surface area contributed by atoms with Crippen LogP contribution in [-0.4, -0.2) is 29.6 Å². The normalized spacial score (nSPS) is 10.4.